The molecule has 4 rings (SSSR count). The molecule has 4 nitrogen and oxygen atoms in total. The molecule has 0 unspecified atom stereocenters. The Morgan fingerprint density at radius 3 is 2.23 bits per heavy atom. The van der Waals surface area contributed by atoms with Crippen LogP contribution in [0.15, 0.2) is 78.9 Å². The van der Waals surface area contributed by atoms with Gasteiger partial charge >= 0.3 is 0 Å². The van der Waals surface area contributed by atoms with Gasteiger partial charge in [-0.2, -0.15) is 0 Å². The first-order chi connectivity index (χ1) is 14.5. The molecular formula is C25H23ClN2O2. The Bertz CT molecular complexity index is 1070. The maximum atomic E-state index is 13.4. The van der Waals surface area contributed by atoms with Gasteiger partial charge in [-0.15, -0.1) is 0 Å². The number of halogens is 1. The van der Waals surface area contributed by atoms with Crippen LogP contribution in [0, 0.1) is 0 Å². The largest absolute Gasteiger partial charge is 0.305 e. The highest BCUT2D eigenvalue weighted by Crippen LogP contribution is 2.43. The zero-order chi connectivity index (χ0) is 21.3. The molecule has 0 aliphatic carbocycles. The number of hydrogen-bond acceptors (Lipinski definition) is 2. The minimum atomic E-state index is -0.214. The summed E-state index contributed by atoms with van der Waals surface area (Å²) in [7, 11) is 0. The topological polar surface area (TPSA) is 40.6 Å². The summed E-state index contributed by atoms with van der Waals surface area (Å²) in [5.41, 5.74) is 3.13. The number of amides is 2. The van der Waals surface area contributed by atoms with E-state index in [0.717, 1.165) is 16.9 Å². The molecule has 0 saturated heterocycles. The van der Waals surface area contributed by atoms with Gasteiger partial charge in [0, 0.05) is 40.5 Å². The van der Waals surface area contributed by atoms with Crippen molar-refractivity contribution in [2.24, 2.45) is 0 Å². The second-order valence-electron chi connectivity index (χ2n) is 7.57. The molecule has 1 aliphatic rings. The quantitative estimate of drug-likeness (QED) is 0.533. The summed E-state index contributed by atoms with van der Waals surface area (Å²) >= 11 is 6.35. The molecule has 0 fully saturated rings. The number of nitrogens with zero attached hydrogens (tertiary/aromatic N) is 2. The molecule has 0 saturated carbocycles. The van der Waals surface area contributed by atoms with E-state index in [-0.39, 0.29) is 23.9 Å². The number of anilines is 2. The van der Waals surface area contributed by atoms with E-state index in [1.165, 1.54) is 0 Å². The average Bonchev–Trinajstić information content (AvgIpc) is 2.75. The monoisotopic (exact) mass is 418 g/mol. The lowest BCUT2D eigenvalue weighted by molar-refractivity contribution is -0.117. The first-order valence-corrected chi connectivity index (χ1v) is 10.4. The van der Waals surface area contributed by atoms with Crippen LogP contribution in [0.25, 0.3) is 0 Å². The van der Waals surface area contributed by atoms with Crippen molar-refractivity contribution in [1.29, 1.82) is 0 Å². The average molecular weight is 419 g/mol. The SMILES string of the molecule is CC(=O)N(c1ccccc1)[C@H]1C[C@H](C)N(C(=O)c2ccccc2)c2ccc(Cl)cc21. The molecule has 0 radical (unpaired) electrons. The third-order valence-electron chi connectivity index (χ3n) is 5.54. The van der Waals surface area contributed by atoms with Crippen LogP contribution in [0.2, 0.25) is 5.02 Å². The van der Waals surface area contributed by atoms with Gasteiger partial charge in [-0.05, 0) is 55.8 Å². The van der Waals surface area contributed by atoms with Crippen molar-refractivity contribution in [2.75, 3.05) is 9.80 Å². The molecular weight excluding hydrogens is 396 g/mol. The Balaban J connectivity index is 1.82. The molecule has 5 heteroatoms. The lowest BCUT2D eigenvalue weighted by Crippen LogP contribution is -2.47. The van der Waals surface area contributed by atoms with Gasteiger partial charge in [0.2, 0.25) is 5.91 Å². The van der Waals surface area contributed by atoms with Crippen LogP contribution in [-0.2, 0) is 4.79 Å². The summed E-state index contributed by atoms with van der Waals surface area (Å²) in [4.78, 5) is 29.7. The predicted octanol–water partition coefficient (Wildman–Crippen LogP) is 5.87. The molecule has 0 bridgehead atoms. The zero-order valence-electron chi connectivity index (χ0n) is 17.0. The first kappa shape index (κ1) is 20.2. The summed E-state index contributed by atoms with van der Waals surface area (Å²) in [6, 6.07) is 24.1. The van der Waals surface area contributed by atoms with Gasteiger partial charge in [0.05, 0.1) is 6.04 Å². The number of carbonyl (C=O) groups is 2. The highest BCUT2D eigenvalue weighted by molar-refractivity contribution is 6.30. The Labute approximate surface area is 181 Å². The minimum absolute atomic E-state index is 0.0489. The highest BCUT2D eigenvalue weighted by atomic mass is 35.5. The third kappa shape index (κ3) is 3.71. The summed E-state index contributed by atoms with van der Waals surface area (Å²) in [6.07, 6.45) is 0.611. The lowest BCUT2D eigenvalue weighted by atomic mass is 9.89. The van der Waals surface area contributed by atoms with Crippen LogP contribution in [0.3, 0.4) is 0 Å². The molecule has 1 aliphatic heterocycles. The second-order valence-corrected chi connectivity index (χ2v) is 8.01. The van der Waals surface area contributed by atoms with E-state index in [1.807, 2.05) is 84.6 Å². The van der Waals surface area contributed by atoms with Gasteiger partial charge in [-0.25, -0.2) is 0 Å². The summed E-state index contributed by atoms with van der Waals surface area (Å²) in [6.45, 7) is 3.60. The highest BCUT2D eigenvalue weighted by Gasteiger charge is 2.38. The van der Waals surface area contributed by atoms with Gasteiger partial charge in [0.25, 0.3) is 5.91 Å². The second kappa shape index (κ2) is 8.33. The van der Waals surface area contributed by atoms with Crippen LogP contribution in [0.1, 0.15) is 42.2 Å². The Kier molecular flexibility index (Phi) is 5.60. The van der Waals surface area contributed by atoms with Gasteiger partial charge in [0.1, 0.15) is 0 Å². The molecule has 0 spiro atoms. The van der Waals surface area contributed by atoms with Gasteiger partial charge in [0.15, 0.2) is 0 Å². The number of fused-ring (bicyclic) bond motifs is 1. The maximum absolute atomic E-state index is 13.4. The van der Waals surface area contributed by atoms with Gasteiger partial charge in [-0.1, -0.05) is 48.0 Å². The molecule has 0 N–H and O–H groups in total. The number of rotatable bonds is 3. The van der Waals surface area contributed by atoms with Gasteiger partial charge in [-0.3, -0.25) is 9.59 Å². The Morgan fingerprint density at radius 1 is 0.967 bits per heavy atom. The smallest absolute Gasteiger partial charge is 0.258 e. The maximum Gasteiger partial charge on any atom is 0.258 e. The van der Waals surface area contributed by atoms with Crippen LogP contribution >= 0.6 is 11.6 Å². The van der Waals surface area contributed by atoms with E-state index in [0.29, 0.717) is 17.0 Å². The van der Waals surface area contributed by atoms with Crippen LogP contribution in [0.5, 0.6) is 0 Å². The number of hydrogen-bond donors (Lipinski definition) is 0. The van der Waals surface area contributed by atoms with Crippen molar-refractivity contribution in [3.05, 3.63) is 95.0 Å². The van der Waals surface area contributed by atoms with Crippen LogP contribution in [0.4, 0.5) is 11.4 Å². The number of carbonyl (C=O) groups excluding carboxylic acids is 2. The van der Waals surface area contributed by atoms with Crippen molar-refractivity contribution >= 4 is 34.8 Å². The molecule has 2 atom stereocenters. The number of benzene rings is 3. The van der Waals surface area contributed by atoms with E-state index in [2.05, 4.69) is 0 Å². The molecule has 3 aromatic rings. The molecule has 1 heterocycles. The van der Waals surface area contributed by atoms with Crippen molar-refractivity contribution in [3.63, 3.8) is 0 Å². The van der Waals surface area contributed by atoms with Crippen LogP contribution < -0.4 is 9.80 Å². The number of para-hydroxylation sites is 1. The third-order valence-corrected chi connectivity index (χ3v) is 5.77. The molecule has 0 aromatic heterocycles. The fourth-order valence-corrected chi connectivity index (χ4v) is 4.43. The Morgan fingerprint density at radius 2 is 1.60 bits per heavy atom. The predicted molar refractivity (Wildman–Crippen MR) is 121 cm³/mol. The zero-order valence-corrected chi connectivity index (χ0v) is 17.7. The van der Waals surface area contributed by atoms with E-state index in [9.17, 15) is 9.59 Å². The standard InChI is InChI=1S/C25H23ClN2O2/c1-17-15-24(28(18(2)29)21-11-7-4-8-12-21)22-16-20(26)13-14-23(22)27(17)25(30)19-9-5-3-6-10-19/h3-14,16-17,24H,15H2,1-2H3/t17-,24-/m0/s1. The van der Waals surface area contributed by atoms with E-state index in [4.69, 9.17) is 11.6 Å². The van der Waals surface area contributed by atoms with E-state index in [1.54, 1.807) is 17.9 Å². The lowest BCUT2D eigenvalue weighted by Gasteiger charge is -2.43. The molecule has 3 aromatic carbocycles. The Hall–Kier alpha value is -3.11. The molecule has 2 amide bonds. The van der Waals surface area contributed by atoms with Crippen LogP contribution in [-0.4, -0.2) is 17.9 Å². The molecule has 152 valence electrons. The molecule has 30 heavy (non-hydrogen) atoms. The van der Waals surface area contributed by atoms with E-state index < -0.39 is 0 Å². The normalized spacial score (nSPS) is 17.9. The first-order valence-electron chi connectivity index (χ1n) is 10.00. The summed E-state index contributed by atoms with van der Waals surface area (Å²) in [5, 5.41) is 0.581. The van der Waals surface area contributed by atoms with Crippen molar-refractivity contribution in [2.45, 2.75) is 32.4 Å². The fraction of sp³-hybridized carbons (Fsp3) is 0.200. The summed E-state index contributed by atoms with van der Waals surface area (Å²) in [5.74, 6) is -0.105. The van der Waals surface area contributed by atoms with Crippen molar-refractivity contribution in [3.8, 4) is 0 Å². The fourth-order valence-electron chi connectivity index (χ4n) is 4.25. The minimum Gasteiger partial charge on any atom is -0.305 e. The van der Waals surface area contributed by atoms with Gasteiger partial charge < -0.3 is 9.80 Å². The van der Waals surface area contributed by atoms with E-state index >= 15 is 0 Å². The van der Waals surface area contributed by atoms with Crippen molar-refractivity contribution in [1.82, 2.24) is 0 Å². The summed E-state index contributed by atoms with van der Waals surface area (Å²) < 4.78 is 0. The van der Waals surface area contributed by atoms with Crippen molar-refractivity contribution < 1.29 is 9.59 Å².